The first-order chi connectivity index (χ1) is 7.13. The van der Waals surface area contributed by atoms with Crippen LogP contribution < -0.4 is 5.32 Å². The second-order valence-electron chi connectivity index (χ2n) is 3.63. The van der Waals surface area contributed by atoms with Crippen molar-refractivity contribution in [3.8, 4) is 0 Å². The molecule has 0 aliphatic rings. The van der Waals surface area contributed by atoms with Crippen molar-refractivity contribution >= 4 is 17.6 Å². The predicted molar refractivity (Wildman–Crippen MR) is 67.6 cm³/mol. The molecule has 0 spiro atoms. The molecule has 1 aromatic heterocycles. The first-order valence-corrected chi connectivity index (χ1v) is 6.43. The van der Waals surface area contributed by atoms with E-state index in [4.69, 9.17) is 0 Å². The number of hydrogen-bond acceptors (Lipinski definition) is 4. The summed E-state index contributed by atoms with van der Waals surface area (Å²) >= 11 is 1.93. The van der Waals surface area contributed by atoms with Gasteiger partial charge in [-0.3, -0.25) is 4.98 Å². The van der Waals surface area contributed by atoms with Crippen molar-refractivity contribution < 1.29 is 0 Å². The van der Waals surface area contributed by atoms with Gasteiger partial charge >= 0.3 is 0 Å². The zero-order chi connectivity index (χ0) is 11.3. The summed E-state index contributed by atoms with van der Waals surface area (Å²) in [6, 6.07) is 0.436. The van der Waals surface area contributed by atoms with Gasteiger partial charge in [-0.1, -0.05) is 6.92 Å². The Hall–Kier alpha value is -0.770. The van der Waals surface area contributed by atoms with Crippen molar-refractivity contribution in [1.82, 2.24) is 9.97 Å². The molecular formula is C11H19N3S. The lowest BCUT2D eigenvalue weighted by Gasteiger charge is -2.14. The Morgan fingerprint density at radius 3 is 2.73 bits per heavy atom. The molecule has 4 heteroatoms. The number of nitrogens with zero attached hydrogens (tertiary/aromatic N) is 2. The highest BCUT2D eigenvalue weighted by Gasteiger charge is 2.04. The van der Waals surface area contributed by atoms with Crippen molar-refractivity contribution in [3.63, 3.8) is 0 Å². The smallest absolute Gasteiger partial charge is 0.145 e. The van der Waals surface area contributed by atoms with Crippen molar-refractivity contribution in [2.45, 2.75) is 33.7 Å². The van der Waals surface area contributed by atoms with Gasteiger partial charge < -0.3 is 5.32 Å². The minimum Gasteiger partial charge on any atom is -0.366 e. The molecule has 84 valence electrons. The highest BCUT2D eigenvalue weighted by Crippen LogP contribution is 2.09. The van der Waals surface area contributed by atoms with Crippen LogP contribution in [-0.4, -0.2) is 27.5 Å². The summed E-state index contributed by atoms with van der Waals surface area (Å²) in [5, 5.41) is 3.35. The maximum Gasteiger partial charge on any atom is 0.145 e. The number of aromatic nitrogens is 2. The second-order valence-corrected chi connectivity index (χ2v) is 4.95. The number of nitrogens with one attached hydrogen (secondary N) is 1. The highest BCUT2D eigenvalue weighted by molar-refractivity contribution is 7.99. The van der Waals surface area contributed by atoms with Gasteiger partial charge in [-0.15, -0.1) is 0 Å². The maximum absolute atomic E-state index is 4.44. The van der Waals surface area contributed by atoms with E-state index in [-0.39, 0.29) is 0 Å². The molecule has 1 aromatic rings. The van der Waals surface area contributed by atoms with Crippen LogP contribution >= 0.6 is 11.8 Å². The molecule has 0 aliphatic carbocycles. The molecule has 0 saturated carbocycles. The molecule has 0 saturated heterocycles. The van der Waals surface area contributed by atoms with Crippen molar-refractivity contribution in [1.29, 1.82) is 0 Å². The summed E-state index contributed by atoms with van der Waals surface area (Å²) in [5.74, 6) is 3.14. The van der Waals surface area contributed by atoms with Gasteiger partial charge in [0, 0.05) is 11.8 Å². The van der Waals surface area contributed by atoms with E-state index in [1.165, 1.54) is 0 Å². The number of aryl methyl sites for hydroxylation is 2. The molecule has 0 radical (unpaired) electrons. The summed E-state index contributed by atoms with van der Waals surface area (Å²) in [6.07, 6.45) is 1.80. The normalized spacial score (nSPS) is 12.5. The van der Waals surface area contributed by atoms with Crippen LogP contribution in [0.4, 0.5) is 5.82 Å². The highest BCUT2D eigenvalue weighted by atomic mass is 32.2. The standard InChI is InChI=1S/C11H19N3S/c1-5-15-7-8(2)13-11-6-12-9(3)10(4)14-11/h6,8H,5,7H2,1-4H3,(H,13,14). The zero-order valence-corrected chi connectivity index (χ0v) is 10.7. The minimum absolute atomic E-state index is 0.436. The number of anilines is 1. The molecule has 0 fully saturated rings. The van der Waals surface area contributed by atoms with Crippen LogP contribution in [0.1, 0.15) is 25.2 Å². The van der Waals surface area contributed by atoms with Gasteiger partial charge in [-0.25, -0.2) is 4.98 Å². The van der Waals surface area contributed by atoms with Crippen LogP contribution in [0.5, 0.6) is 0 Å². The molecule has 0 amide bonds. The Bertz CT molecular complexity index is 315. The molecular weight excluding hydrogens is 206 g/mol. The summed E-state index contributed by atoms with van der Waals surface area (Å²) in [5.41, 5.74) is 1.99. The Labute approximate surface area is 96.1 Å². The van der Waals surface area contributed by atoms with E-state index in [2.05, 4.69) is 29.1 Å². The second kappa shape index (κ2) is 5.95. The van der Waals surface area contributed by atoms with E-state index in [1.807, 2.05) is 25.6 Å². The average molecular weight is 225 g/mol. The van der Waals surface area contributed by atoms with Gasteiger partial charge in [0.05, 0.1) is 17.6 Å². The topological polar surface area (TPSA) is 37.8 Å². The first kappa shape index (κ1) is 12.3. The van der Waals surface area contributed by atoms with Crippen LogP contribution in [0.3, 0.4) is 0 Å². The maximum atomic E-state index is 4.44. The van der Waals surface area contributed by atoms with E-state index in [1.54, 1.807) is 6.20 Å². The molecule has 1 heterocycles. The van der Waals surface area contributed by atoms with Crippen LogP contribution in [0.15, 0.2) is 6.20 Å². The third kappa shape index (κ3) is 4.08. The summed E-state index contributed by atoms with van der Waals surface area (Å²) < 4.78 is 0. The van der Waals surface area contributed by atoms with Crippen LogP contribution in [0, 0.1) is 13.8 Å². The minimum atomic E-state index is 0.436. The Kier molecular flexibility index (Phi) is 4.88. The fourth-order valence-electron chi connectivity index (χ4n) is 1.20. The molecule has 15 heavy (non-hydrogen) atoms. The fraction of sp³-hybridized carbons (Fsp3) is 0.636. The lowest BCUT2D eigenvalue weighted by molar-refractivity contribution is 0.890. The van der Waals surface area contributed by atoms with Gasteiger partial charge in [-0.05, 0) is 26.5 Å². The molecule has 0 aromatic carbocycles. The zero-order valence-electron chi connectivity index (χ0n) is 9.87. The summed E-state index contributed by atoms with van der Waals surface area (Å²) in [7, 11) is 0. The first-order valence-electron chi connectivity index (χ1n) is 5.28. The van der Waals surface area contributed by atoms with Crippen molar-refractivity contribution in [3.05, 3.63) is 17.6 Å². The molecule has 1 atom stereocenters. The van der Waals surface area contributed by atoms with Crippen molar-refractivity contribution in [2.24, 2.45) is 0 Å². The molecule has 3 nitrogen and oxygen atoms in total. The van der Waals surface area contributed by atoms with Gasteiger partial charge in [0.15, 0.2) is 0 Å². The van der Waals surface area contributed by atoms with Crippen LogP contribution in [-0.2, 0) is 0 Å². The molecule has 1 N–H and O–H groups in total. The molecule has 0 bridgehead atoms. The molecule has 0 aliphatic heterocycles. The van der Waals surface area contributed by atoms with E-state index in [9.17, 15) is 0 Å². The van der Waals surface area contributed by atoms with Gasteiger partial charge in [0.1, 0.15) is 5.82 Å². The predicted octanol–water partition coefficient (Wildman–Crippen LogP) is 2.65. The molecule has 1 unspecified atom stereocenters. The van der Waals surface area contributed by atoms with E-state index in [0.717, 1.165) is 28.7 Å². The monoisotopic (exact) mass is 225 g/mol. The Balaban J connectivity index is 2.53. The largest absolute Gasteiger partial charge is 0.366 e. The number of hydrogen-bond donors (Lipinski definition) is 1. The summed E-state index contributed by atoms with van der Waals surface area (Å²) in [4.78, 5) is 8.72. The third-order valence-corrected chi connectivity index (χ3v) is 3.30. The van der Waals surface area contributed by atoms with Gasteiger partial charge in [-0.2, -0.15) is 11.8 Å². The van der Waals surface area contributed by atoms with E-state index >= 15 is 0 Å². The quantitative estimate of drug-likeness (QED) is 0.836. The van der Waals surface area contributed by atoms with E-state index in [0.29, 0.717) is 6.04 Å². The van der Waals surface area contributed by atoms with Crippen LogP contribution in [0.25, 0.3) is 0 Å². The average Bonchev–Trinajstić information content (AvgIpc) is 2.20. The number of thioether (sulfide) groups is 1. The summed E-state index contributed by atoms with van der Waals surface area (Å²) in [6.45, 7) is 8.30. The fourth-order valence-corrected chi connectivity index (χ4v) is 1.87. The third-order valence-electron chi connectivity index (χ3n) is 2.16. The van der Waals surface area contributed by atoms with Gasteiger partial charge in [0.25, 0.3) is 0 Å². The van der Waals surface area contributed by atoms with Gasteiger partial charge in [0.2, 0.25) is 0 Å². The van der Waals surface area contributed by atoms with Crippen LogP contribution in [0.2, 0.25) is 0 Å². The SMILES string of the molecule is CCSCC(C)Nc1cnc(C)c(C)n1. The van der Waals surface area contributed by atoms with E-state index < -0.39 is 0 Å². The van der Waals surface area contributed by atoms with Crippen molar-refractivity contribution in [2.75, 3.05) is 16.8 Å². The lowest BCUT2D eigenvalue weighted by atomic mass is 10.3. The Morgan fingerprint density at radius 2 is 2.13 bits per heavy atom. The lowest BCUT2D eigenvalue weighted by Crippen LogP contribution is -2.19. The molecule has 1 rings (SSSR count). The number of rotatable bonds is 5. The Morgan fingerprint density at radius 1 is 1.40 bits per heavy atom.